The van der Waals surface area contributed by atoms with Crippen molar-refractivity contribution in [2.45, 2.75) is 26.3 Å². The molecule has 6 rings (SSSR count). The second-order valence-corrected chi connectivity index (χ2v) is 11.5. The number of aryl methyl sites for hydroxylation is 1. The monoisotopic (exact) mass is 632 g/mol. The zero-order valence-electron chi connectivity index (χ0n) is 26.5. The van der Waals surface area contributed by atoms with Crippen LogP contribution < -0.4 is 26.0 Å². The Morgan fingerprint density at radius 3 is 2.30 bits per heavy atom. The van der Waals surface area contributed by atoms with Crippen LogP contribution in [-0.4, -0.2) is 52.9 Å². The van der Waals surface area contributed by atoms with Crippen LogP contribution >= 0.6 is 0 Å². The molecule has 0 atom stereocenters. The van der Waals surface area contributed by atoms with E-state index in [1.165, 1.54) is 0 Å². The van der Waals surface area contributed by atoms with Crippen LogP contribution in [0.3, 0.4) is 0 Å². The first-order valence-electron chi connectivity index (χ1n) is 15.3. The predicted octanol–water partition coefficient (Wildman–Crippen LogP) is 5.62. The van der Waals surface area contributed by atoms with Gasteiger partial charge in [-0.3, -0.25) is 9.59 Å². The van der Waals surface area contributed by atoms with E-state index in [1.807, 2.05) is 47.9 Å². The SMILES string of the molecule is COc1ccc(-c2cnc(N)c(-c3ccc(NC(=O)c4cn(CC5CCOCC5)cc(-c5ncc(C)cn5)c4=O)cc3)c2)cc1OC. The van der Waals surface area contributed by atoms with E-state index in [4.69, 9.17) is 19.9 Å². The van der Waals surface area contributed by atoms with Crippen molar-refractivity contribution >= 4 is 17.4 Å². The van der Waals surface area contributed by atoms with E-state index in [1.54, 1.807) is 57.3 Å². The molecule has 1 fully saturated rings. The van der Waals surface area contributed by atoms with Gasteiger partial charge in [0, 0.05) is 67.6 Å². The Labute approximate surface area is 272 Å². The number of nitrogen functional groups attached to an aromatic ring is 1. The molecule has 4 heterocycles. The van der Waals surface area contributed by atoms with Gasteiger partial charge in [0.2, 0.25) is 5.43 Å². The van der Waals surface area contributed by atoms with Crippen LogP contribution in [0.5, 0.6) is 11.5 Å². The van der Waals surface area contributed by atoms with E-state index in [0.29, 0.717) is 48.7 Å². The Morgan fingerprint density at radius 1 is 0.894 bits per heavy atom. The molecule has 3 aromatic heterocycles. The number of anilines is 2. The van der Waals surface area contributed by atoms with Gasteiger partial charge in [-0.2, -0.15) is 0 Å². The molecule has 0 aliphatic carbocycles. The third-order valence-electron chi connectivity index (χ3n) is 8.24. The highest BCUT2D eigenvalue weighted by molar-refractivity contribution is 6.04. The zero-order valence-corrected chi connectivity index (χ0v) is 26.5. The van der Waals surface area contributed by atoms with E-state index in [0.717, 1.165) is 40.7 Å². The fourth-order valence-electron chi connectivity index (χ4n) is 5.63. The number of benzene rings is 2. The third kappa shape index (κ3) is 7.00. The maximum atomic E-state index is 13.6. The summed E-state index contributed by atoms with van der Waals surface area (Å²) in [6.07, 6.45) is 10.2. The second-order valence-electron chi connectivity index (χ2n) is 11.5. The number of amides is 1. The van der Waals surface area contributed by atoms with Gasteiger partial charge < -0.3 is 29.8 Å². The molecular formula is C36H36N6O5. The molecule has 5 aromatic rings. The molecule has 11 heteroatoms. The number of nitrogens with zero attached hydrogens (tertiary/aromatic N) is 4. The number of aromatic nitrogens is 4. The molecule has 1 aliphatic heterocycles. The highest BCUT2D eigenvalue weighted by Crippen LogP contribution is 2.35. The number of hydrogen-bond donors (Lipinski definition) is 2. The van der Waals surface area contributed by atoms with Crippen molar-refractivity contribution in [3.63, 3.8) is 0 Å². The number of nitrogens with one attached hydrogen (secondary N) is 1. The summed E-state index contributed by atoms with van der Waals surface area (Å²) in [5.74, 6) is 1.73. The van der Waals surface area contributed by atoms with Gasteiger partial charge in [-0.25, -0.2) is 15.0 Å². The van der Waals surface area contributed by atoms with Gasteiger partial charge in [0.25, 0.3) is 5.91 Å². The predicted molar refractivity (Wildman–Crippen MR) is 181 cm³/mol. The standard InChI is InChI=1S/C36H36N6O5/c1-22-16-39-35(40-17-22)29-20-42(19-23-10-12-47-13-11-23)21-30(33(29)43)36(44)41-27-7-4-24(5-8-27)28-14-26(18-38-34(28)37)25-6-9-31(45-2)32(15-25)46-3/h4-9,14-18,20-21,23H,10-13,19H2,1-3H3,(H2,37,38)(H,41,44). The summed E-state index contributed by atoms with van der Waals surface area (Å²) in [5.41, 5.74) is 10.8. The summed E-state index contributed by atoms with van der Waals surface area (Å²) in [7, 11) is 3.18. The van der Waals surface area contributed by atoms with Gasteiger partial charge in [-0.15, -0.1) is 0 Å². The van der Waals surface area contributed by atoms with Crippen LogP contribution in [-0.2, 0) is 11.3 Å². The summed E-state index contributed by atoms with van der Waals surface area (Å²) in [6.45, 7) is 3.92. The third-order valence-corrected chi connectivity index (χ3v) is 8.24. The number of carbonyl (C=O) groups is 1. The number of hydrogen-bond acceptors (Lipinski definition) is 9. The maximum Gasteiger partial charge on any atom is 0.261 e. The van der Waals surface area contributed by atoms with Crippen LogP contribution in [0.15, 0.2) is 84.3 Å². The first-order chi connectivity index (χ1) is 22.8. The minimum atomic E-state index is -0.519. The molecule has 1 amide bonds. The molecular weight excluding hydrogens is 596 g/mol. The van der Waals surface area contributed by atoms with Gasteiger partial charge in [0.15, 0.2) is 17.3 Å². The van der Waals surface area contributed by atoms with Crippen LogP contribution in [0.25, 0.3) is 33.6 Å². The van der Waals surface area contributed by atoms with Crippen molar-refractivity contribution in [3.8, 4) is 45.1 Å². The second kappa shape index (κ2) is 13.8. The topological polar surface area (TPSA) is 143 Å². The first-order valence-corrected chi connectivity index (χ1v) is 15.3. The van der Waals surface area contributed by atoms with E-state index in [9.17, 15) is 9.59 Å². The molecule has 1 saturated heterocycles. The lowest BCUT2D eigenvalue weighted by molar-refractivity contribution is 0.0612. The van der Waals surface area contributed by atoms with Crippen molar-refractivity contribution in [3.05, 3.63) is 101 Å². The smallest absolute Gasteiger partial charge is 0.261 e. The Balaban J connectivity index is 1.26. The van der Waals surface area contributed by atoms with Gasteiger partial charge in [-0.05, 0) is 72.7 Å². The van der Waals surface area contributed by atoms with Crippen LogP contribution in [0.1, 0.15) is 28.8 Å². The summed E-state index contributed by atoms with van der Waals surface area (Å²) in [4.78, 5) is 40.4. The molecule has 47 heavy (non-hydrogen) atoms. The summed E-state index contributed by atoms with van der Waals surface area (Å²) >= 11 is 0. The molecule has 240 valence electrons. The van der Waals surface area contributed by atoms with Gasteiger partial charge >= 0.3 is 0 Å². The normalized spacial score (nSPS) is 13.3. The van der Waals surface area contributed by atoms with Crippen molar-refractivity contribution in [2.75, 3.05) is 38.5 Å². The Hall–Kier alpha value is -5.55. The molecule has 0 unspecified atom stereocenters. The molecule has 0 bridgehead atoms. The number of rotatable bonds is 9. The fourth-order valence-corrected chi connectivity index (χ4v) is 5.63. The Morgan fingerprint density at radius 2 is 1.60 bits per heavy atom. The summed E-state index contributed by atoms with van der Waals surface area (Å²) in [5, 5.41) is 2.89. The average molecular weight is 633 g/mol. The number of ether oxygens (including phenoxy) is 3. The molecule has 0 radical (unpaired) electrons. The lowest BCUT2D eigenvalue weighted by Gasteiger charge is -2.23. The van der Waals surface area contributed by atoms with Crippen molar-refractivity contribution in [1.29, 1.82) is 0 Å². The number of methoxy groups -OCH3 is 2. The van der Waals surface area contributed by atoms with E-state index < -0.39 is 11.3 Å². The quantitative estimate of drug-likeness (QED) is 0.212. The zero-order chi connectivity index (χ0) is 32.9. The molecule has 0 saturated carbocycles. The highest BCUT2D eigenvalue weighted by Gasteiger charge is 2.21. The van der Waals surface area contributed by atoms with Gasteiger partial charge in [0.05, 0.1) is 19.8 Å². The largest absolute Gasteiger partial charge is 0.493 e. The Bertz CT molecular complexity index is 1950. The van der Waals surface area contributed by atoms with Crippen LogP contribution in [0.2, 0.25) is 0 Å². The number of nitrogens with two attached hydrogens (primary N) is 1. The minimum Gasteiger partial charge on any atom is -0.493 e. The Kier molecular flexibility index (Phi) is 9.25. The lowest BCUT2D eigenvalue weighted by atomic mass is 10.00. The minimum absolute atomic E-state index is 0.0128. The summed E-state index contributed by atoms with van der Waals surface area (Å²) < 4.78 is 18.2. The van der Waals surface area contributed by atoms with E-state index in [-0.39, 0.29) is 17.0 Å². The maximum absolute atomic E-state index is 13.6. The number of carbonyl (C=O) groups excluding carboxylic acids is 1. The fraction of sp³-hybridized carbons (Fsp3) is 0.250. The van der Waals surface area contributed by atoms with Crippen LogP contribution in [0, 0.1) is 12.8 Å². The van der Waals surface area contributed by atoms with Gasteiger partial charge in [-0.1, -0.05) is 18.2 Å². The lowest BCUT2D eigenvalue weighted by Crippen LogP contribution is -2.27. The van der Waals surface area contributed by atoms with Crippen molar-refractivity contribution < 1.29 is 19.0 Å². The first kappa shape index (κ1) is 31.4. The highest BCUT2D eigenvalue weighted by atomic mass is 16.5. The number of pyridine rings is 2. The molecule has 11 nitrogen and oxygen atoms in total. The average Bonchev–Trinajstić information content (AvgIpc) is 3.10. The molecule has 2 aromatic carbocycles. The summed E-state index contributed by atoms with van der Waals surface area (Å²) in [6, 6.07) is 14.8. The van der Waals surface area contributed by atoms with Crippen molar-refractivity contribution in [2.24, 2.45) is 5.92 Å². The molecule has 0 spiro atoms. The van der Waals surface area contributed by atoms with E-state index >= 15 is 0 Å². The van der Waals surface area contributed by atoms with Crippen LogP contribution in [0.4, 0.5) is 11.5 Å². The van der Waals surface area contributed by atoms with Crippen molar-refractivity contribution in [1.82, 2.24) is 19.5 Å². The molecule has 3 N–H and O–H groups in total. The van der Waals surface area contributed by atoms with E-state index in [2.05, 4.69) is 20.3 Å². The molecule has 1 aliphatic rings. The van der Waals surface area contributed by atoms with Gasteiger partial charge in [0.1, 0.15) is 11.4 Å².